The fourth-order valence-electron chi connectivity index (χ4n) is 1.45. The number of hydrogen-bond acceptors (Lipinski definition) is 3. The summed E-state index contributed by atoms with van der Waals surface area (Å²) in [6.07, 6.45) is -7.14. The smallest absolute Gasteiger partial charge is 0.391 e. The highest BCUT2D eigenvalue weighted by molar-refractivity contribution is 4.96. The largest absolute Gasteiger partial charge is 0.417 e. The minimum absolute atomic E-state index is 0.0167. The summed E-state index contributed by atoms with van der Waals surface area (Å²) in [6.45, 7) is 0. The van der Waals surface area contributed by atoms with Crippen LogP contribution in [0, 0.1) is 0 Å². The number of hydrogen-bond donors (Lipinski definition) is 3. The number of rotatable bonds is 0. The Hall–Kier alpha value is -0.330. The number of nitrogens with two attached hydrogens (primary N) is 1. The van der Waals surface area contributed by atoms with Gasteiger partial charge in [-0.2, -0.15) is 13.2 Å². The van der Waals surface area contributed by atoms with E-state index in [9.17, 15) is 13.2 Å². The Morgan fingerprint density at radius 1 is 1.38 bits per heavy atom. The van der Waals surface area contributed by atoms with Crippen molar-refractivity contribution < 1.29 is 23.4 Å². The summed E-state index contributed by atoms with van der Waals surface area (Å²) in [5.74, 6) is 0. The van der Waals surface area contributed by atoms with E-state index in [0.29, 0.717) is 0 Å². The zero-order valence-corrected chi connectivity index (χ0v) is 6.88. The van der Waals surface area contributed by atoms with Crippen LogP contribution >= 0.6 is 0 Å². The van der Waals surface area contributed by atoms with E-state index < -0.39 is 36.8 Å². The third-order valence-electron chi connectivity index (χ3n) is 2.46. The van der Waals surface area contributed by atoms with Crippen LogP contribution in [0.5, 0.6) is 0 Å². The number of aliphatic hydroxyl groups excluding tert-OH is 1. The summed E-state index contributed by atoms with van der Waals surface area (Å²) < 4.78 is 36.7. The van der Waals surface area contributed by atoms with Crippen LogP contribution in [-0.2, 0) is 0 Å². The zero-order valence-electron chi connectivity index (χ0n) is 6.88. The van der Waals surface area contributed by atoms with Crippen molar-refractivity contribution in [2.75, 3.05) is 0 Å². The van der Waals surface area contributed by atoms with Crippen LogP contribution in [0.15, 0.2) is 0 Å². The lowest BCUT2D eigenvalue weighted by molar-refractivity contribution is -0.278. The fourth-order valence-corrected chi connectivity index (χ4v) is 1.45. The molecular formula is C7H12F3NO2. The van der Waals surface area contributed by atoms with E-state index in [-0.39, 0.29) is 6.42 Å². The second-order valence-electron chi connectivity index (χ2n) is 3.50. The normalized spacial score (nSPS) is 42.0. The summed E-state index contributed by atoms with van der Waals surface area (Å²) in [6, 6.07) is -0.664. The van der Waals surface area contributed by atoms with Crippen LogP contribution in [0.4, 0.5) is 13.2 Å². The lowest BCUT2D eigenvalue weighted by Gasteiger charge is -2.38. The molecule has 1 fully saturated rings. The van der Waals surface area contributed by atoms with Gasteiger partial charge in [-0.05, 0) is 12.8 Å². The molecule has 0 aromatic heterocycles. The Morgan fingerprint density at radius 2 is 1.92 bits per heavy atom. The molecular weight excluding hydrogens is 187 g/mol. The van der Waals surface area contributed by atoms with E-state index in [1.165, 1.54) is 0 Å². The van der Waals surface area contributed by atoms with Gasteiger partial charge in [-0.15, -0.1) is 0 Å². The topological polar surface area (TPSA) is 66.5 Å². The highest BCUT2D eigenvalue weighted by atomic mass is 19.4. The highest BCUT2D eigenvalue weighted by Gasteiger charge is 2.56. The van der Waals surface area contributed by atoms with Gasteiger partial charge in [-0.3, -0.25) is 0 Å². The van der Waals surface area contributed by atoms with Gasteiger partial charge in [0.1, 0.15) is 0 Å². The van der Waals surface area contributed by atoms with E-state index in [1.807, 2.05) is 0 Å². The van der Waals surface area contributed by atoms with Gasteiger partial charge in [-0.25, -0.2) is 0 Å². The first-order valence-electron chi connectivity index (χ1n) is 3.99. The maximum atomic E-state index is 12.2. The molecule has 78 valence electrons. The van der Waals surface area contributed by atoms with Crippen LogP contribution in [0.25, 0.3) is 0 Å². The van der Waals surface area contributed by atoms with Crippen LogP contribution in [-0.4, -0.2) is 34.1 Å². The molecule has 1 rings (SSSR count). The van der Waals surface area contributed by atoms with Crippen molar-refractivity contribution in [3.63, 3.8) is 0 Å². The molecule has 1 aliphatic carbocycles. The molecule has 0 aromatic rings. The summed E-state index contributed by atoms with van der Waals surface area (Å²) >= 11 is 0. The van der Waals surface area contributed by atoms with Crippen LogP contribution in [0.3, 0.4) is 0 Å². The van der Waals surface area contributed by atoms with Crippen molar-refractivity contribution in [1.29, 1.82) is 0 Å². The lowest BCUT2D eigenvalue weighted by atomic mass is 9.80. The van der Waals surface area contributed by atoms with Gasteiger partial charge in [0.2, 0.25) is 0 Å². The van der Waals surface area contributed by atoms with Crippen molar-refractivity contribution in [1.82, 2.24) is 0 Å². The van der Waals surface area contributed by atoms with Crippen molar-refractivity contribution in [2.45, 2.75) is 43.2 Å². The van der Waals surface area contributed by atoms with Crippen LogP contribution in [0.2, 0.25) is 0 Å². The van der Waals surface area contributed by atoms with E-state index in [0.717, 1.165) is 0 Å². The summed E-state index contributed by atoms with van der Waals surface area (Å²) in [4.78, 5) is 0. The average molecular weight is 199 g/mol. The van der Waals surface area contributed by atoms with Crippen LogP contribution in [0.1, 0.15) is 19.3 Å². The molecule has 3 atom stereocenters. The standard InChI is InChI=1S/C7H12F3NO2/c8-7(9,10)6(13)2-1-4(11)5(12)3-6/h4-5,12-13H,1-3,11H2. The van der Waals surface area contributed by atoms with E-state index in [1.54, 1.807) is 0 Å². The second-order valence-corrected chi connectivity index (χ2v) is 3.50. The Bertz CT molecular complexity index is 197. The van der Waals surface area contributed by atoms with Crippen molar-refractivity contribution in [3.8, 4) is 0 Å². The zero-order chi connectivity index (χ0) is 10.3. The quantitative estimate of drug-likeness (QED) is 0.520. The summed E-state index contributed by atoms with van der Waals surface area (Å²) in [7, 11) is 0. The maximum Gasteiger partial charge on any atom is 0.417 e. The Kier molecular flexibility index (Phi) is 2.57. The SMILES string of the molecule is NC1CCC(O)(C(F)(F)F)CC1O. The fraction of sp³-hybridized carbons (Fsp3) is 1.00. The maximum absolute atomic E-state index is 12.2. The predicted octanol–water partition coefficient (Wildman–Crippen LogP) is 0.152. The van der Waals surface area contributed by atoms with Gasteiger partial charge in [0, 0.05) is 12.5 Å². The molecule has 0 radical (unpaired) electrons. The first kappa shape index (κ1) is 10.7. The molecule has 4 N–H and O–H groups in total. The average Bonchev–Trinajstić information content (AvgIpc) is 1.95. The summed E-state index contributed by atoms with van der Waals surface area (Å²) in [5, 5.41) is 18.2. The Balaban J connectivity index is 2.73. The van der Waals surface area contributed by atoms with Crippen molar-refractivity contribution in [3.05, 3.63) is 0 Å². The second kappa shape index (κ2) is 3.11. The van der Waals surface area contributed by atoms with Gasteiger partial charge in [-0.1, -0.05) is 0 Å². The Morgan fingerprint density at radius 3 is 2.31 bits per heavy atom. The van der Waals surface area contributed by atoms with E-state index >= 15 is 0 Å². The minimum atomic E-state index is -4.69. The van der Waals surface area contributed by atoms with E-state index in [2.05, 4.69) is 0 Å². The molecule has 1 saturated carbocycles. The van der Waals surface area contributed by atoms with Crippen molar-refractivity contribution in [2.24, 2.45) is 5.73 Å². The molecule has 0 bridgehead atoms. The molecule has 0 aromatic carbocycles. The van der Waals surface area contributed by atoms with Gasteiger partial charge in [0.05, 0.1) is 6.10 Å². The molecule has 0 heterocycles. The first-order valence-corrected chi connectivity index (χ1v) is 3.99. The first-order chi connectivity index (χ1) is 5.76. The van der Waals surface area contributed by atoms with Crippen LogP contribution < -0.4 is 5.73 Å². The molecule has 0 saturated heterocycles. The van der Waals surface area contributed by atoms with E-state index in [4.69, 9.17) is 15.9 Å². The third kappa shape index (κ3) is 1.95. The van der Waals surface area contributed by atoms with Gasteiger partial charge >= 0.3 is 6.18 Å². The highest BCUT2D eigenvalue weighted by Crippen LogP contribution is 2.40. The Labute approximate surface area is 73.3 Å². The lowest BCUT2D eigenvalue weighted by Crippen LogP contribution is -2.55. The van der Waals surface area contributed by atoms with Gasteiger partial charge in [0.15, 0.2) is 5.60 Å². The minimum Gasteiger partial charge on any atom is -0.391 e. The number of aliphatic hydroxyl groups is 2. The van der Waals surface area contributed by atoms with Gasteiger partial charge in [0.25, 0.3) is 0 Å². The molecule has 6 heteroatoms. The van der Waals surface area contributed by atoms with Crippen molar-refractivity contribution >= 4 is 0 Å². The van der Waals surface area contributed by atoms with Gasteiger partial charge < -0.3 is 15.9 Å². The molecule has 0 spiro atoms. The molecule has 0 aliphatic heterocycles. The summed E-state index contributed by atoms with van der Waals surface area (Å²) in [5.41, 5.74) is 2.55. The molecule has 1 aliphatic rings. The third-order valence-corrected chi connectivity index (χ3v) is 2.46. The molecule has 13 heavy (non-hydrogen) atoms. The number of halogens is 3. The molecule has 3 nitrogen and oxygen atoms in total. The number of alkyl halides is 3. The predicted molar refractivity (Wildman–Crippen MR) is 38.8 cm³/mol. The molecule has 3 unspecified atom stereocenters. The monoisotopic (exact) mass is 199 g/mol. The molecule has 0 amide bonds.